The summed E-state index contributed by atoms with van der Waals surface area (Å²) < 4.78 is 4.77. The number of nitrogens with one attached hydrogen (secondary N) is 1. The number of amides is 1. The highest BCUT2D eigenvalue weighted by Crippen LogP contribution is 2.06. The molecule has 0 heterocycles. The average Bonchev–Trinajstić information content (AvgIpc) is 2.01. The Balaban J connectivity index is 3.74. The fraction of sp³-hybridized carbons (Fsp3) is 0.800. The van der Waals surface area contributed by atoms with Crippen molar-refractivity contribution < 1.29 is 14.3 Å². The van der Waals surface area contributed by atoms with Gasteiger partial charge in [-0.15, -0.1) is 0 Å². The average molecular weight is 216 g/mol. The van der Waals surface area contributed by atoms with Crippen LogP contribution >= 0.6 is 0 Å². The van der Waals surface area contributed by atoms with Crippen molar-refractivity contribution in [3.05, 3.63) is 0 Å². The second-order valence-corrected chi connectivity index (χ2v) is 4.01. The van der Waals surface area contributed by atoms with E-state index in [1.807, 2.05) is 13.8 Å². The molecule has 0 bridgehead atoms. The third-order valence-electron chi connectivity index (χ3n) is 1.85. The van der Waals surface area contributed by atoms with Gasteiger partial charge in [-0.25, -0.2) is 0 Å². The van der Waals surface area contributed by atoms with E-state index < -0.39 is 0 Å². The lowest BCUT2D eigenvalue weighted by molar-refractivity contribution is -0.143. The van der Waals surface area contributed by atoms with Gasteiger partial charge in [-0.2, -0.15) is 0 Å². The van der Waals surface area contributed by atoms with Crippen LogP contribution in [0.1, 0.15) is 33.6 Å². The highest BCUT2D eigenvalue weighted by Gasteiger charge is 2.19. The third kappa shape index (κ3) is 7.93. The van der Waals surface area contributed by atoms with Gasteiger partial charge in [0.2, 0.25) is 5.91 Å². The molecule has 0 fully saturated rings. The largest absolute Gasteiger partial charge is 0.466 e. The molecule has 88 valence electrons. The molecule has 0 aliphatic carbocycles. The van der Waals surface area contributed by atoms with E-state index in [1.54, 1.807) is 6.92 Å². The number of esters is 1. The summed E-state index contributed by atoms with van der Waals surface area (Å²) in [7, 11) is 0. The molecule has 0 saturated carbocycles. The lowest BCUT2D eigenvalue weighted by Crippen LogP contribution is -2.43. The lowest BCUT2D eigenvalue weighted by Gasteiger charge is -2.24. The fourth-order valence-electron chi connectivity index (χ4n) is 1.23. The van der Waals surface area contributed by atoms with Gasteiger partial charge in [0, 0.05) is 18.5 Å². The zero-order chi connectivity index (χ0) is 11.9. The molecule has 5 nitrogen and oxygen atoms in total. The zero-order valence-corrected chi connectivity index (χ0v) is 9.63. The van der Waals surface area contributed by atoms with Gasteiger partial charge in [0.1, 0.15) is 0 Å². The number of carbonyl (C=O) groups excluding carboxylic acids is 2. The fourth-order valence-corrected chi connectivity index (χ4v) is 1.23. The highest BCUT2D eigenvalue weighted by atomic mass is 16.5. The van der Waals surface area contributed by atoms with Crippen LogP contribution in [0.2, 0.25) is 0 Å². The van der Waals surface area contributed by atoms with Crippen LogP contribution in [0.3, 0.4) is 0 Å². The van der Waals surface area contributed by atoms with Crippen molar-refractivity contribution in [3.63, 3.8) is 0 Å². The maximum atomic E-state index is 11.0. The Bertz CT molecular complexity index is 227. The molecule has 0 atom stereocenters. The normalized spacial score (nSPS) is 11.1. The first-order chi connectivity index (χ1) is 6.87. The Morgan fingerprint density at radius 2 is 2.00 bits per heavy atom. The Kier molecular flexibility index (Phi) is 5.93. The maximum absolute atomic E-state index is 11.0. The van der Waals surface area contributed by atoms with E-state index in [4.69, 9.17) is 10.5 Å². The Labute approximate surface area is 90.4 Å². The van der Waals surface area contributed by atoms with Crippen LogP contribution in [0.5, 0.6) is 0 Å². The molecular weight excluding hydrogens is 196 g/mol. The molecule has 0 spiro atoms. The molecule has 1 amide bonds. The topological polar surface area (TPSA) is 81.4 Å². The van der Waals surface area contributed by atoms with E-state index in [-0.39, 0.29) is 23.8 Å². The number of carbonyl (C=O) groups is 2. The summed E-state index contributed by atoms with van der Waals surface area (Å²) in [6.07, 6.45) is 0.547. The second-order valence-electron chi connectivity index (χ2n) is 4.01. The Morgan fingerprint density at radius 1 is 1.40 bits per heavy atom. The van der Waals surface area contributed by atoms with Crippen molar-refractivity contribution in [2.75, 3.05) is 13.2 Å². The van der Waals surface area contributed by atoms with Crippen molar-refractivity contribution in [2.24, 2.45) is 5.73 Å². The third-order valence-corrected chi connectivity index (χ3v) is 1.85. The monoisotopic (exact) mass is 216 g/mol. The van der Waals surface area contributed by atoms with Crippen LogP contribution in [-0.2, 0) is 14.3 Å². The van der Waals surface area contributed by atoms with E-state index in [0.29, 0.717) is 19.6 Å². The number of ether oxygens (including phenoxy) is 1. The zero-order valence-electron chi connectivity index (χ0n) is 9.63. The smallest absolute Gasteiger partial charge is 0.307 e. The van der Waals surface area contributed by atoms with Gasteiger partial charge in [-0.1, -0.05) is 0 Å². The summed E-state index contributed by atoms with van der Waals surface area (Å²) in [5.74, 6) is -0.594. The molecule has 0 aromatic rings. The van der Waals surface area contributed by atoms with Crippen molar-refractivity contribution in [1.29, 1.82) is 0 Å². The summed E-state index contributed by atoms with van der Waals surface area (Å²) in [5.41, 5.74) is 4.71. The summed E-state index contributed by atoms with van der Waals surface area (Å²) >= 11 is 0. The molecule has 0 aromatic carbocycles. The van der Waals surface area contributed by atoms with Crippen LogP contribution < -0.4 is 11.1 Å². The molecule has 0 rings (SSSR count). The van der Waals surface area contributed by atoms with Crippen molar-refractivity contribution in [2.45, 2.75) is 39.2 Å². The second kappa shape index (κ2) is 6.40. The maximum Gasteiger partial charge on any atom is 0.307 e. The van der Waals surface area contributed by atoms with E-state index in [9.17, 15) is 9.59 Å². The Hall–Kier alpha value is -1.10. The van der Waals surface area contributed by atoms with Gasteiger partial charge in [-0.3, -0.25) is 9.59 Å². The molecule has 0 unspecified atom stereocenters. The van der Waals surface area contributed by atoms with Gasteiger partial charge in [-0.05, 0) is 20.8 Å². The molecule has 0 radical (unpaired) electrons. The van der Waals surface area contributed by atoms with E-state index in [0.717, 1.165) is 0 Å². The molecule has 0 aromatic heterocycles. The van der Waals surface area contributed by atoms with Crippen LogP contribution in [0, 0.1) is 0 Å². The van der Waals surface area contributed by atoms with Crippen LogP contribution in [0.25, 0.3) is 0 Å². The Morgan fingerprint density at radius 3 is 2.47 bits per heavy atom. The number of nitrogens with two attached hydrogens (primary N) is 1. The van der Waals surface area contributed by atoms with Crippen LogP contribution in [0.4, 0.5) is 0 Å². The van der Waals surface area contributed by atoms with Crippen LogP contribution in [0.15, 0.2) is 0 Å². The summed E-state index contributed by atoms with van der Waals surface area (Å²) in [4.78, 5) is 21.7. The summed E-state index contributed by atoms with van der Waals surface area (Å²) in [6, 6.07) is 0. The van der Waals surface area contributed by atoms with Gasteiger partial charge in [0.25, 0.3) is 0 Å². The summed E-state index contributed by atoms with van der Waals surface area (Å²) in [6.45, 7) is 6.37. The number of hydrogen-bond acceptors (Lipinski definition) is 4. The van der Waals surface area contributed by atoms with Crippen molar-refractivity contribution >= 4 is 11.9 Å². The quantitative estimate of drug-likeness (QED) is 0.595. The first-order valence-corrected chi connectivity index (χ1v) is 5.06. The molecule has 3 N–H and O–H groups in total. The van der Waals surface area contributed by atoms with E-state index in [1.165, 1.54) is 0 Å². The SMILES string of the molecule is CCOC(=O)CCNC(C)(C)CC(N)=O. The van der Waals surface area contributed by atoms with Crippen molar-refractivity contribution in [3.8, 4) is 0 Å². The first kappa shape index (κ1) is 13.9. The standard InChI is InChI=1S/C10H20N2O3/c1-4-15-9(14)5-6-12-10(2,3)7-8(11)13/h12H,4-7H2,1-3H3,(H2,11,13). The van der Waals surface area contributed by atoms with Crippen molar-refractivity contribution in [1.82, 2.24) is 5.32 Å². The van der Waals surface area contributed by atoms with Gasteiger partial charge >= 0.3 is 5.97 Å². The van der Waals surface area contributed by atoms with E-state index >= 15 is 0 Å². The van der Waals surface area contributed by atoms with Crippen LogP contribution in [-0.4, -0.2) is 30.6 Å². The molecule has 5 heteroatoms. The lowest BCUT2D eigenvalue weighted by atomic mass is 10.0. The predicted octanol–water partition coefficient (Wildman–Crippen LogP) is 0.183. The number of primary amides is 1. The number of rotatable bonds is 7. The van der Waals surface area contributed by atoms with Gasteiger partial charge in [0.15, 0.2) is 0 Å². The van der Waals surface area contributed by atoms with Gasteiger partial charge < -0.3 is 15.8 Å². The predicted molar refractivity (Wildman–Crippen MR) is 57.1 cm³/mol. The highest BCUT2D eigenvalue weighted by molar-refractivity contribution is 5.75. The molecule has 15 heavy (non-hydrogen) atoms. The van der Waals surface area contributed by atoms with Gasteiger partial charge in [0.05, 0.1) is 13.0 Å². The van der Waals surface area contributed by atoms with E-state index in [2.05, 4.69) is 5.32 Å². The molecule has 0 aliphatic heterocycles. The minimum atomic E-state index is -0.377. The molecular formula is C10H20N2O3. The molecule has 0 saturated heterocycles. The summed E-state index contributed by atoms with van der Waals surface area (Å²) in [5, 5.41) is 3.08. The minimum absolute atomic E-state index is 0.236. The molecule has 0 aliphatic rings. The minimum Gasteiger partial charge on any atom is -0.466 e. The first-order valence-electron chi connectivity index (χ1n) is 5.06. The number of hydrogen-bond donors (Lipinski definition) is 2.